The van der Waals surface area contributed by atoms with E-state index < -0.39 is 21.6 Å². The summed E-state index contributed by atoms with van der Waals surface area (Å²) in [5.74, 6) is 0.238. The monoisotopic (exact) mass is 478 g/mol. The second kappa shape index (κ2) is 6.93. The maximum Gasteiger partial charge on any atom is 0.348 e. The summed E-state index contributed by atoms with van der Waals surface area (Å²) in [4.78, 5) is 28.0. The van der Waals surface area contributed by atoms with Crippen molar-refractivity contribution >= 4 is 33.3 Å². The standard InChI is InChI=1S/C25H26N4O4S/c1-16-20-12-19(34(32,33)27-24(2)10-11-24)8-9-21(20)28(15-17-6-4-3-5-7-17)23(31)29(16)26-22(30)25-13-18(25)14-25/h3-9,12,18,27H,1,10-11,13-15H2,2H3,(H,26,30). The van der Waals surface area contributed by atoms with Crippen LogP contribution in [0.15, 0.2) is 60.0 Å². The van der Waals surface area contributed by atoms with Crippen molar-refractivity contribution in [2.75, 3.05) is 4.90 Å². The molecule has 0 atom stereocenters. The van der Waals surface area contributed by atoms with Gasteiger partial charge in [0.25, 0.3) is 0 Å². The number of carbonyl (C=O) groups is 2. The third-order valence-corrected chi connectivity index (χ3v) is 9.12. The Morgan fingerprint density at radius 1 is 1.15 bits per heavy atom. The summed E-state index contributed by atoms with van der Waals surface area (Å²) in [7, 11) is -3.75. The van der Waals surface area contributed by atoms with Crippen molar-refractivity contribution in [1.82, 2.24) is 15.2 Å². The second-order valence-electron chi connectivity index (χ2n) is 10.2. The lowest BCUT2D eigenvalue weighted by atomic mass is 10.1. The molecule has 3 saturated carbocycles. The van der Waals surface area contributed by atoms with Crippen LogP contribution in [0, 0.1) is 11.3 Å². The van der Waals surface area contributed by atoms with Crippen molar-refractivity contribution < 1.29 is 18.0 Å². The molecule has 3 aliphatic carbocycles. The molecular weight excluding hydrogens is 452 g/mol. The highest BCUT2D eigenvalue weighted by atomic mass is 32.2. The van der Waals surface area contributed by atoms with Crippen molar-refractivity contribution in [3.63, 3.8) is 0 Å². The maximum absolute atomic E-state index is 13.5. The molecule has 1 heterocycles. The average molecular weight is 479 g/mol. The first-order valence-electron chi connectivity index (χ1n) is 11.5. The molecule has 34 heavy (non-hydrogen) atoms. The van der Waals surface area contributed by atoms with Gasteiger partial charge in [-0.3, -0.25) is 15.1 Å². The summed E-state index contributed by atoms with van der Waals surface area (Å²) in [6.07, 6.45) is 3.30. The first-order valence-corrected chi connectivity index (χ1v) is 12.9. The molecule has 0 unspecified atom stereocenters. The summed E-state index contributed by atoms with van der Waals surface area (Å²) < 4.78 is 28.8. The molecule has 3 amide bonds. The number of fused-ring (bicyclic) bond motifs is 2. The molecule has 2 aromatic carbocycles. The number of carbonyl (C=O) groups excluding carboxylic acids is 2. The number of anilines is 1. The molecule has 2 N–H and O–H groups in total. The van der Waals surface area contributed by atoms with Crippen LogP contribution in [0.1, 0.15) is 43.7 Å². The van der Waals surface area contributed by atoms with Crippen LogP contribution in [-0.2, 0) is 21.4 Å². The van der Waals surface area contributed by atoms with Crippen LogP contribution >= 0.6 is 0 Å². The summed E-state index contributed by atoms with van der Waals surface area (Å²) in [5.41, 5.74) is 4.21. The van der Waals surface area contributed by atoms with Gasteiger partial charge in [0.15, 0.2) is 0 Å². The largest absolute Gasteiger partial charge is 0.348 e. The number of amides is 3. The molecule has 0 aromatic heterocycles. The third-order valence-electron chi connectivity index (χ3n) is 7.48. The Balaban J connectivity index is 1.38. The van der Waals surface area contributed by atoms with Gasteiger partial charge in [-0.15, -0.1) is 0 Å². The van der Waals surface area contributed by atoms with Crippen LogP contribution in [0.4, 0.5) is 10.5 Å². The van der Waals surface area contributed by atoms with Gasteiger partial charge in [0, 0.05) is 11.1 Å². The molecule has 9 heteroatoms. The molecule has 176 valence electrons. The zero-order valence-corrected chi connectivity index (χ0v) is 19.7. The number of sulfonamides is 1. The van der Waals surface area contributed by atoms with Crippen molar-refractivity contribution in [3.8, 4) is 0 Å². The molecule has 1 aliphatic heterocycles. The quantitative estimate of drug-likeness (QED) is 0.637. The van der Waals surface area contributed by atoms with Gasteiger partial charge in [-0.25, -0.2) is 22.9 Å². The van der Waals surface area contributed by atoms with E-state index >= 15 is 0 Å². The fraction of sp³-hybridized carbons (Fsp3) is 0.360. The highest BCUT2D eigenvalue weighted by Crippen LogP contribution is 2.75. The third kappa shape index (κ3) is 3.42. The molecule has 8 nitrogen and oxygen atoms in total. The summed E-state index contributed by atoms with van der Waals surface area (Å²) in [6, 6.07) is 13.8. The fourth-order valence-corrected chi connectivity index (χ4v) is 6.09. The summed E-state index contributed by atoms with van der Waals surface area (Å²) in [5, 5.41) is 1.17. The first kappa shape index (κ1) is 21.4. The lowest BCUT2D eigenvalue weighted by Crippen LogP contribution is -2.54. The Hall–Kier alpha value is -3.17. The summed E-state index contributed by atoms with van der Waals surface area (Å²) >= 11 is 0. The highest BCUT2D eigenvalue weighted by molar-refractivity contribution is 7.89. The van der Waals surface area contributed by atoms with E-state index in [0.717, 1.165) is 31.2 Å². The van der Waals surface area contributed by atoms with E-state index in [-0.39, 0.29) is 28.5 Å². The molecule has 0 spiro atoms. The number of hydrazine groups is 1. The molecule has 6 rings (SSSR count). The lowest BCUT2D eigenvalue weighted by molar-refractivity contribution is -0.127. The van der Waals surface area contributed by atoms with Crippen LogP contribution in [-0.4, -0.2) is 30.9 Å². The highest BCUT2D eigenvalue weighted by Gasteiger charge is 2.75. The van der Waals surface area contributed by atoms with Crippen LogP contribution < -0.4 is 15.0 Å². The van der Waals surface area contributed by atoms with Gasteiger partial charge in [-0.2, -0.15) is 0 Å². The Labute approximate surface area is 198 Å². The average Bonchev–Trinajstić information content (AvgIpc) is 3.72. The SMILES string of the molecule is C=C1c2cc(S(=O)(=O)NC3(C)CC3)ccc2N(Cc2ccccc2)C(=O)N1NC(=O)C12CC1C2. The van der Waals surface area contributed by atoms with Crippen LogP contribution in [0.3, 0.4) is 0 Å². The Morgan fingerprint density at radius 3 is 2.44 bits per heavy atom. The van der Waals surface area contributed by atoms with Gasteiger partial charge in [-0.1, -0.05) is 36.9 Å². The van der Waals surface area contributed by atoms with Gasteiger partial charge in [0.2, 0.25) is 15.9 Å². The fourth-order valence-electron chi connectivity index (χ4n) is 4.60. The number of nitrogens with one attached hydrogen (secondary N) is 2. The topological polar surface area (TPSA) is 98.8 Å². The molecule has 0 saturated heterocycles. The van der Waals surface area contributed by atoms with Crippen molar-refractivity contribution in [3.05, 3.63) is 66.2 Å². The number of benzene rings is 2. The molecule has 4 aliphatic rings. The number of nitrogens with zero attached hydrogens (tertiary/aromatic N) is 2. The predicted octanol–water partition coefficient (Wildman–Crippen LogP) is 3.37. The van der Waals surface area contributed by atoms with Gasteiger partial charge < -0.3 is 0 Å². The van der Waals surface area contributed by atoms with E-state index in [9.17, 15) is 18.0 Å². The molecule has 0 radical (unpaired) electrons. The number of rotatable bonds is 7. The first-order chi connectivity index (χ1) is 16.1. The minimum atomic E-state index is -3.75. The van der Waals surface area contributed by atoms with Gasteiger partial charge in [-0.05, 0) is 62.3 Å². The van der Waals surface area contributed by atoms with Gasteiger partial charge in [0.05, 0.1) is 28.2 Å². The summed E-state index contributed by atoms with van der Waals surface area (Å²) in [6.45, 7) is 6.20. The van der Waals surface area contributed by atoms with Crippen molar-refractivity contribution in [2.24, 2.45) is 11.3 Å². The lowest BCUT2D eigenvalue weighted by Gasteiger charge is -2.38. The smallest absolute Gasteiger partial charge is 0.287 e. The van der Waals surface area contributed by atoms with Crippen molar-refractivity contribution in [1.29, 1.82) is 0 Å². The molecule has 0 bridgehead atoms. The van der Waals surface area contributed by atoms with Gasteiger partial charge in [0.1, 0.15) is 0 Å². The minimum absolute atomic E-state index is 0.101. The maximum atomic E-state index is 13.5. The van der Waals surface area contributed by atoms with Crippen molar-refractivity contribution in [2.45, 2.75) is 49.6 Å². The van der Waals surface area contributed by atoms with Crippen LogP contribution in [0.2, 0.25) is 0 Å². The number of urea groups is 1. The second-order valence-corrected chi connectivity index (χ2v) is 11.9. The Morgan fingerprint density at radius 2 is 1.82 bits per heavy atom. The zero-order chi connectivity index (χ0) is 23.9. The predicted molar refractivity (Wildman–Crippen MR) is 127 cm³/mol. The van der Waals surface area contributed by atoms with Crippen LogP contribution in [0.5, 0.6) is 0 Å². The van der Waals surface area contributed by atoms with Gasteiger partial charge >= 0.3 is 6.03 Å². The van der Waals surface area contributed by atoms with E-state index in [1.54, 1.807) is 11.0 Å². The van der Waals surface area contributed by atoms with E-state index in [4.69, 9.17) is 0 Å². The Kier molecular flexibility index (Phi) is 4.35. The molecular formula is C25H26N4O4S. The van der Waals surface area contributed by atoms with E-state index in [1.165, 1.54) is 17.1 Å². The normalized spacial score (nSPS) is 26.0. The zero-order valence-electron chi connectivity index (χ0n) is 18.9. The molecule has 3 fully saturated rings. The van der Waals surface area contributed by atoms with E-state index in [2.05, 4.69) is 16.7 Å². The number of hydrogen-bond donors (Lipinski definition) is 2. The van der Waals surface area contributed by atoms with E-state index in [0.29, 0.717) is 17.2 Å². The van der Waals surface area contributed by atoms with E-state index in [1.807, 2.05) is 37.3 Å². The number of hydrogen-bond acceptors (Lipinski definition) is 4. The minimum Gasteiger partial charge on any atom is -0.287 e. The van der Waals surface area contributed by atoms with Crippen LogP contribution in [0.25, 0.3) is 5.70 Å². The Bertz CT molecular complexity index is 1340. The molecule has 2 aromatic rings.